The lowest BCUT2D eigenvalue weighted by molar-refractivity contribution is -0.118. The van der Waals surface area contributed by atoms with Gasteiger partial charge in [-0.15, -0.1) is 0 Å². The van der Waals surface area contributed by atoms with Crippen molar-refractivity contribution in [1.82, 2.24) is 20.0 Å². The second kappa shape index (κ2) is 6.31. The molecule has 3 rings (SSSR count). The molecule has 3 aromatic heterocycles. The molecule has 8 nitrogen and oxygen atoms in total. The number of amides is 1. The van der Waals surface area contributed by atoms with Crippen LogP contribution in [0, 0.1) is 6.92 Å². The van der Waals surface area contributed by atoms with Crippen LogP contribution in [-0.4, -0.2) is 26.2 Å². The van der Waals surface area contributed by atoms with Crippen LogP contribution in [0.2, 0.25) is 0 Å². The summed E-state index contributed by atoms with van der Waals surface area (Å²) in [4.78, 5) is 31.6. The fourth-order valence-electron chi connectivity index (χ4n) is 2.19. The van der Waals surface area contributed by atoms with Crippen molar-refractivity contribution in [2.24, 2.45) is 5.84 Å². The molecular weight excluding hydrogens is 318 g/mol. The number of aromatic nitrogens is 3. The predicted molar refractivity (Wildman–Crippen MR) is 86.0 cm³/mol. The van der Waals surface area contributed by atoms with E-state index in [1.807, 2.05) is 6.92 Å². The molecule has 1 amide bonds. The molecule has 0 fully saturated rings. The van der Waals surface area contributed by atoms with Gasteiger partial charge in [-0.3, -0.25) is 19.6 Å². The summed E-state index contributed by atoms with van der Waals surface area (Å²) in [6, 6.07) is 5.32. The SMILES string of the molecule is Cc1cc2nc(SCC(=O)NN)n(Cc3ccco3)c(=O)c2[nH]1. The van der Waals surface area contributed by atoms with E-state index >= 15 is 0 Å². The first-order valence-corrected chi connectivity index (χ1v) is 7.82. The molecule has 3 heterocycles. The first-order valence-electron chi connectivity index (χ1n) is 6.83. The van der Waals surface area contributed by atoms with E-state index in [0.717, 1.165) is 17.5 Å². The van der Waals surface area contributed by atoms with Crippen molar-refractivity contribution in [2.45, 2.75) is 18.6 Å². The van der Waals surface area contributed by atoms with E-state index in [9.17, 15) is 9.59 Å². The molecule has 0 aromatic carbocycles. The number of H-pyrrole nitrogens is 1. The highest BCUT2D eigenvalue weighted by Gasteiger charge is 2.15. The van der Waals surface area contributed by atoms with Crippen molar-refractivity contribution in [1.29, 1.82) is 0 Å². The van der Waals surface area contributed by atoms with E-state index in [-0.39, 0.29) is 23.8 Å². The zero-order valence-electron chi connectivity index (χ0n) is 12.3. The molecular formula is C14H15N5O3S. The van der Waals surface area contributed by atoms with Crippen LogP contribution in [0.5, 0.6) is 0 Å². The van der Waals surface area contributed by atoms with Crippen molar-refractivity contribution in [3.05, 3.63) is 46.3 Å². The molecule has 4 N–H and O–H groups in total. The number of carbonyl (C=O) groups excluding carboxylic acids is 1. The van der Waals surface area contributed by atoms with Crippen LogP contribution in [0.25, 0.3) is 11.0 Å². The van der Waals surface area contributed by atoms with Crippen LogP contribution in [0.4, 0.5) is 0 Å². The number of thioether (sulfide) groups is 1. The molecule has 0 spiro atoms. The molecule has 0 aliphatic heterocycles. The van der Waals surface area contributed by atoms with Crippen molar-refractivity contribution >= 4 is 28.7 Å². The highest BCUT2D eigenvalue weighted by atomic mass is 32.2. The molecule has 9 heteroatoms. The molecule has 0 saturated heterocycles. The number of carbonyl (C=O) groups is 1. The van der Waals surface area contributed by atoms with E-state index in [4.69, 9.17) is 10.3 Å². The van der Waals surface area contributed by atoms with Gasteiger partial charge in [-0.1, -0.05) is 11.8 Å². The number of nitrogens with two attached hydrogens (primary N) is 1. The summed E-state index contributed by atoms with van der Waals surface area (Å²) < 4.78 is 6.78. The van der Waals surface area contributed by atoms with E-state index in [1.54, 1.807) is 24.5 Å². The van der Waals surface area contributed by atoms with Crippen molar-refractivity contribution < 1.29 is 9.21 Å². The van der Waals surface area contributed by atoms with Gasteiger partial charge in [0.2, 0.25) is 5.91 Å². The quantitative estimate of drug-likeness (QED) is 0.208. The molecule has 0 unspecified atom stereocenters. The first kappa shape index (κ1) is 15.4. The Kier molecular flexibility index (Phi) is 4.22. The molecule has 0 saturated carbocycles. The van der Waals surface area contributed by atoms with Crippen LogP contribution in [0.15, 0.2) is 38.8 Å². The summed E-state index contributed by atoms with van der Waals surface area (Å²) in [5, 5.41) is 0.432. The number of nitrogens with zero attached hydrogens (tertiary/aromatic N) is 2. The largest absolute Gasteiger partial charge is 0.467 e. The lowest BCUT2D eigenvalue weighted by Crippen LogP contribution is -2.32. The summed E-state index contributed by atoms with van der Waals surface area (Å²) in [5.41, 5.74) is 3.69. The summed E-state index contributed by atoms with van der Waals surface area (Å²) in [6.07, 6.45) is 1.54. The van der Waals surface area contributed by atoms with Gasteiger partial charge in [0.05, 0.1) is 24.1 Å². The normalized spacial score (nSPS) is 11.0. The molecule has 120 valence electrons. The topological polar surface area (TPSA) is 119 Å². The third-order valence-electron chi connectivity index (χ3n) is 3.22. The minimum absolute atomic E-state index is 0.0655. The lowest BCUT2D eigenvalue weighted by atomic mass is 10.4. The van der Waals surface area contributed by atoms with Gasteiger partial charge in [0, 0.05) is 5.69 Å². The van der Waals surface area contributed by atoms with Gasteiger partial charge >= 0.3 is 0 Å². The highest BCUT2D eigenvalue weighted by molar-refractivity contribution is 7.99. The van der Waals surface area contributed by atoms with Gasteiger partial charge in [0.15, 0.2) is 5.16 Å². The predicted octanol–water partition coefficient (Wildman–Crippen LogP) is 0.756. The van der Waals surface area contributed by atoms with Crippen LogP contribution >= 0.6 is 11.8 Å². The smallest absolute Gasteiger partial charge is 0.278 e. The van der Waals surface area contributed by atoms with Gasteiger partial charge in [0.1, 0.15) is 11.3 Å². The number of aromatic amines is 1. The monoisotopic (exact) mass is 333 g/mol. The van der Waals surface area contributed by atoms with Crippen LogP contribution in [-0.2, 0) is 11.3 Å². The molecule has 0 bridgehead atoms. The van der Waals surface area contributed by atoms with Gasteiger partial charge in [-0.05, 0) is 25.1 Å². The van der Waals surface area contributed by atoms with Crippen molar-refractivity contribution in [2.75, 3.05) is 5.75 Å². The van der Waals surface area contributed by atoms with E-state index < -0.39 is 0 Å². The Balaban J connectivity index is 2.06. The maximum absolute atomic E-state index is 12.7. The molecule has 0 aliphatic carbocycles. The van der Waals surface area contributed by atoms with Crippen molar-refractivity contribution in [3.8, 4) is 0 Å². The number of hydrogen-bond acceptors (Lipinski definition) is 6. The average Bonchev–Trinajstić information content (AvgIpc) is 3.17. The second-order valence-electron chi connectivity index (χ2n) is 4.93. The molecule has 3 aromatic rings. The second-order valence-corrected chi connectivity index (χ2v) is 5.88. The zero-order chi connectivity index (χ0) is 16.4. The van der Waals surface area contributed by atoms with Crippen LogP contribution < -0.4 is 16.8 Å². The minimum Gasteiger partial charge on any atom is -0.467 e. The third kappa shape index (κ3) is 3.15. The summed E-state index contributed by atoms with van der Waals surface area (Å²) >= 11 is 1.14. The highest BCUT2D eigenvalue weighted by Crippen LogP contribution is 2.19. The average molecular weight is 333 g/mol. The Morgan fingerprint density at radius 3 is 3.09 bits per heavy atom. The fraction of sp³-hybridized carbons (Fsp3) is 0.214. The van der Waals surface area contributed by atoms with Crippen molar-refractivity contribution in [3.63, 3.8) is 0 Å². The number of nitrogens with one attached hydrogen (secondary N) is 2. The van der Waals surface area contributed by atoms with Gasteiger partial charge in [-0.2, -0.15) is 0 Å². The van der Waals surface area contributed by atoms with E-state index in [2.05, 4.69) is 15.4 Å². The number of hydrazine groups is 1. The maximum Gasteiger partial charge on any atom is 0.278 e. The summed E-state index contributed by atoms with van der Waals surface area (Å²) in [5.74, 6) is 5.43. The van der Waals surface area contributed by atoms with Crippen LogP contribution in [0.1, 0.15) is 11.5 Å². The van der Waals surface area contributed by atoms with E-state index in [1.165, 1.54) is 4.57 Å². The van der Waals surface area contributed by atoms with Gasteiger partial charge < -0.3 is 9.40 Å². The molecule has 0 aliphatic rings. The van der Waals surface area contributed by atoms with Crippen LogP contribution in [0.3, 0.4) is 0 Å². The number of aryl methyl sites for hydroxylation is 1. The fourth-order valence-corrected chi connectivity index (χ4v) is 3.00. The number of fused-ring (bicyclic) bond motifs is 1. The van der Waals surface area contributed by atoms with Gasteiger partial charge in [-0.25, -0.2) is 10.8 Å². The summed E-state index contributed by atoms with van der Waals surface area (Å²) in [6.45, 7) is 2.09. The third-order valence-corrected chi connectivity index (χ3v) is 4.20. The Morgan fingerprint density at radius 2 is 2.39 bits per heavy atom. The number of furan rings is 1. The standard InChI is InChI=1S/C14H15N5O3S/c1-8-5-10-12(16-8)13(21)19(6-9-3-2-4-22-9)14(17-10)23-7-11(20)18-15/h2-5,16H,6-7,15H2,1H3,(H,18,20). The minimum atomic E-state index is -0.348. The Bertz CT molecular complexity index is 897. The first-order chi connectivity index (χ1) is 11.1. The molecule has 0 radical (unpaired) electrons. The molecule has 23 heavy (non-hydrogen) atoms. The zero-order valence-corrected chi connectivity index (χ0v) is 13.1. The Hall–Kier alpha value is -2.52. The maximum atomic E-state index is 12.7. The number of hydrogen-bond donors (Lipinski definition) is 3. The molecule has 0 atom stereocenters. The number of rotatable bonds is 5. The summed E-state index contributed by atoms with van der Waals surface area (Å²) in [7, 11) is 0. The van der Waals surface area contributed by atoms with E-state index in [0.29, 0.717) is 22.0 Å². The van der Waals surface area contributed by atoms with Gasteiger partial charge in [0.25, 0.3) is 5.56 Å². The lowest BCUT2D eigenvalue weighted by Gasteiger charge is -2.10. The Labute approximate surface area is 135 Å². The Morgan fingerprint density at radius 1 is 1.57 bits per heavy atom.